The maximum Gasteiger partial charge on any atom is 0.472 e. The van der Waals surface area contributed by atoms with Crippen LogP contribution in [0.1, 0.15) is 194 Å². The Bertz CT molecular complexity index is 873. The molecule has 0 fully saturated rings. The number of allylic oxidation sites excluding steroid dienone is 2. The standard InChI is InChI=1S/C40H78NO9P/c1-3-5-7-9-11-13-15-16-17-18-19-20-21-23-25-27-29-31-33-47-34-37(35-48-51(45,46)49-36-38(41)40(43)44)50-39(42)32-30-28-26-24-22-14-12-10-8-6-4-2/h16-17,37-38H,3-15,18-36,41H2,1-2H3,(H,43,44)(H,45,46)/b17-16-. The summed E-state index contributed by atoms with van der Waals surface area (Å²) < 4.78 is 33.3. The highest BCUT2D eigenvalue weighted by atomic mass is 31.2. The lowest BCUT2D eigenvalue weighted by atomic mass is 10.1. The number of phosphoric ester groups is 1. The van der Waals surface area contributed by atoms with E-state index in [0.717, 1.165) is 38.5 Å². The zero-order valence-corrected chi connectivity index (χ0v) is 33.6. The molecular weight excluding hydrogens is 669 g/mol. The lowest BCUT2D eigenvalue weighted by Crippen LogP contribution is -2.34. The second-order valence-electron chi connectivity index (χ2n) is 14.1. The molecule has 51 heavy (non-hydrogen) atoms. The lowest BCUT2D eigenvalue weighted by Gasteiger charge is -2.20. The molecule has 0 saturated heterocycles. The zero-order valence-electron chi connectivity index (χ0n) is 32.7. The normalized spacial score (nSPS) is 14.1. The predicted octanol–water partition coefficient (Wildman–Crippen LogP) is 11.0. The van der Waals surface area contributed by atoms with Gasteiger partial charge < -0.3 is 25.2 Å². The fourth-order valence-corrected chi connectivity index (χ4v) is 6.55. The van der Waals surface area contributed by atoms with Gasteiger partial charge >= 0.3 is 19.8 Å². The molecule has 0 saturated carbocycles. The van der Waals surface area contributed by atoms with Crippen LogP contribution in [0, 0.1) is 0 Å². The third-order valence-corrected chi connectivity index (χ3v) is 10.00. The van der Waals surface area contributed by atoms with E-state index in [-0.39, 0.29) is 13.0 Å². The smallest absolute Gasteiger partial charge is 0.472 e. The van der Waals surface area contributed by atoms with E-state index in [9.17, 15) is 19.0 Å². The minimum Gasteiger partial charge on any atom is -0.480 e. The first kappa shape index (κ1) is 49.7. The number of ether oxygens (including phenoxy) is 2. The van der Waals surface area contributed by atoms with Crippen LogP contribution in [0.4, 0.5) is 0 Å². The van der Waals surface area contributed by atoms with Gasteiger partial charge in [-0.2, -0.15) is 0 Å². The molecule has 0 amide bonds. The molecule has 0 aliphatic carbocycles. The average Bonchev–Trinajstić information content (AvgIpc) is 3.10. The second kappa shape index (κ2) is 37.0. The van der Waals surface area contributed by atoms with Crippen molar-refractivity contribution in [3.8, 4) is 0 Å². The van der Waals surface area contributed by atoms with Crippen molar-refractivity contribution in [1.29, 1.82) is 0 Å². The molecule has 302 valence electrons. The largest absolute Gasteiger partial charge is 0.480 e. The summed E-state index contributed by atoms with van der Waals surface area (Å²) in [6.07, 6.45) is 36.9. The van der Waals surface area contributed by atoms with Crippen LogP contribution in [0.5, 0.6) is 0 Å². The molecule has 4 N–H and O–H groups in total. The van der Waals surface area contributed by atoms with E-state index < -0.39 is 45.1 Å². The number of nitrogens with two attached hydrogens (primary N) is 1. The Balaban J connectivity index is 4.20. The topological polar surface area (TPSA) is 155 Å². The van der Waals surface area contributed by atoms with Gasteiger partial charge in [0.25, 0.3) is 0 Å². The number of carbonyl (C=O) groups is 2. The lowest BCUT2D eigenvalue weighted by molar-refractivity contribution is -0.154. The maximum atomic E-state index is 12.6. The molecule has 10 nitrogen and oxygen atoms in total. The van der Waals surface area contributed by atoms with E-state index in [1.807, 2.05) is 0 Å². The van der Waals surface area contributed by atoms with Crippen molar-refractivity contribution >= 4 is 19.8 Å². The third kappa shape index (κ3) is 36.8. The quantitative estimate of drug-likeness (QED) is 0.0239. The van der Waals surface area contributed by atoms with E-state index in [4.69, 9.17) is 29.4 Å². The number of carboxylic acid groups (broad SMARTS) is 1. The molecular formula is C40H78NO9P. The average molecular weight is 748 g/mol. The highest BCUT2D eigenvalue weighted by molar-refractivity contribution is 7.47. The van der Waals surface area contributed by atoms with Crippen LogP contribution < -0.4 is 5.73 Å². The highest BCUT2D eigenvalue weighted by Crippen LogP contribution is 2.43. The SMILES string of the molecule is CCCCCCCC/C=C\CCCCCCCCCCOCC(COP(=O)(O)OCC(N)C(=O)O)OC(=O)CCCCCCCCCCCCC. The molecule has 0 heterocycles. The van der Waals surface area contributed by atoms with Crippen molar-refractivity contribution in [2.45, 2.75) is 206 Å². The first-order valence-corrected chi connectivity index (χ1v) is 22.2. The molecule has 0 aromatic carbocycles. The summed E-state index contributed by atoms with van der Waals surface area (Å²) in [5.41, 5.74) is 5.34. The number of esters is 1. The van der Waals surface area contributed by atoms with Crippen LogP contribution in [0.2, 0.25) is 0 Å². The molecule has 0 radical (unpaired) electrons. The predicted molar refractivity (Wildman–Crippen MR) is 208 cm³/mol. The monoisotopic (exact) mass is 748 g/mol. The molecule has 0 aliphatic heterocycles. The summed E-state index contributed by atoms with van der Waals surface area (Å²) in [7, 11) is -4.61. The van der Waals surface area contributed by atoms with Gasteiger partial charge in [0, 0.05) is 13.0 Å². The number of phosphoric acid groups is 1. The molecule has 0 rings (SSSR count). The molecule has 0 aromatic heterocycles. The number of hydrogen-bond acceptors (Lipinski definition) is 8. The Morgan fingerprint density at radius 2 is 1.02 bits per heavy atom. The van der Waals surface area contributed by atoms with Gasteiger partial charge in [0.2, 0.25) is 0 Å². The number of rotatable bonds is 40. The van der Waals surface area contributed by atoms with Gasteiger partial charge in [-0.3, -0.25) is 18.6 Å². The molecule has 0 aromatic rings. The number of carboxylic acids is 1. The fraction of sp³-hybridized carbons (Fsp3) is 0.900. The molecule has 0 aliphatic rings. The van der Waals surface area contributed by atoms with Crippen LogP contribution in [0.15, 0.2) is 12.2 Å². The van der Waals surface area contributed by atoms with Crippen molar-refractivity contribution in [3.63, 3.8) is 0 Å². The molecule has 3 atom stereocenters. The van der Waals surface area contributed by atoms with Crippen molar-refractivity contribution in [3.05, 3.63) is 12.2 Å². The van der Waals surface area contributed by atoms with E-state index >= 15 is 0 Å². The molecule has 0 bridgehead atoms. The van der Waals surface area contributed by atoms with Gasteiger partial charge in [0.05, 0.1) is 19.8 Å². The van der Waals surface area contributed by atoms with Gasteiger partial charge in [-0.05, 0) is 38.5 Å². The minimum absolute atomic E-state index is 0.0199. The molecule has 11 heteroatoms. The zero-order chi connectivity index (χ0) is 37.7. The van der Waals surface area contributed by atoms with Gasteiger partial charge in [0.1, 0.15) is 12.1 Å². The number of hydrogen-bond donors (Lipinski definition) is 3. The van der Waals surface area contributed by atoms with Crippen LogP contribution in [0.3, 0.4) is 0 Å². The second-order valence-corrected chi connectivity index (χ2v) is 15.6. The number of unbranched alkanes of at least 4 members (excludes halogenated alkanes) is 24. The minimum atomic E-state index is -4.61. The Labute approximate surface area is 312 Å². The third-order valence-electron chi connectivity index (χ3n) is 9.04. The Morgan fingerprint density at radius 3 is 1.49 bits per heavy atom. The van der Waals surface area contributed by atoms with Gasteiger partial charge in [-0.15, -0.1) is 0 Å². The summed E-state index contributed by atoms with van der Waals surface area (Å²) in [6, 6.07) is -1.47. The summed E-state index contributed by atoms with van der Waals surface area (Å²) in [5.74, 6) is -1.77. The highest BCUT2D eigenvalue weighted by Gasteiger charge is 2.27. The van der Waals surface area contributed by atoms with Crippen molar-refractivity contribution < 1.29 is 42.7 Å². The maximum absolute atomic E-state index is 12.6. The Hall–Kier alpha value is -1.29. The summed E-state index contributed by atoms with van der Waals surface area (Å²) in [6.45, 7) is 3.88. The van der Waals surface area contributed by atoms with Crippen molar-refractivity contribution in [2.24, 2.45) is 5.73 Å². The summed E-state index contributed by atoms with van der Waals surface area (Å²) in [5, 5.41) is 8.87. The van der Waals surface area contributed by atoms with E-state index in [1.165, 1.54) is 135 Å². The van der Waals surface area contributed by atoms with E-state index in [2.05, 4.69) is 26.0 Å². The van der Waals surface area contributed by atoms with Crippen molar-refractivity contribution in [1.82, 2.24) is 0 Å². The summed E-state index contributed by atoms with van der Waals surface area (Å²) >= 11 is 0. The van der Waals surface area contributed by atoms with Crippen LogP contribution >= 0.6 is 7.82 Å². The van der Waals surface area contributed by atoms with Gasteiger partial charge in [-0.25, -0.2) is 4.57 Å². The van der Waals surface area contributed by atoms with E-state index in [0.29, 0.717) is 6.61 Å². The first-order valence-electron chi connectivity index (χ1n) is 20.7. The number of aliphatic carboxylic acids is 1. The van der Waals surface area contributed by atoms with Gasteiger partial charge in [-0.1, -0.05) is 161 Å². The van der Waals surface area contributed by atoms with Crippen molar-refractivity contribution in [2.75, 3.05) is 26.4 Å². The van der Waals surface area contributed by atoms with Crippen LogP contribution in [-0.2, 0) is 32.7 Å². The molecule has 0 spiro atoms. The van der Waals surface area contributed by atoms with Gasteiger partial charge in [0.15, 0.2) is 0 Å². The fourth-order valence-electron chi connectivity index (χ4n) is 5.77. The number of carbonyl (C=O) groups excluding carboxylic acids is 1. The van der Waals surface area contributed by atoms with Crippen LogP contribution in [0.25, 0.3) is 0 Å². The summed E-state index contributed by atoms with van der Waals surface area (Å²) in [4.78, 5) is 33.4. The Morgan fingerprint density at radius 1 is 0.608 bits per heavy atom. The Kier molecular flexibility index (Phi) is 36.1. The van der Waals surface area contributed by atoms with E-state index in [1.54, 1.807) is 0 Å². The van der Waals surface area contributed by atoms with Crippen LogP contribution in [-0.4, -0.2) is 60.5 Å². The first-order chi connectivity index (χ1) is 24.7. The molecule has 3 unspecified atom stereocenters.